The van der Waals surface area contributed by atoms with Gasteiger partial charge in [0.05, 0.1) is 7.11 Å². The standard InChI is InChI=1S/C16H20N2O/c1-13(15-8-10-17-11-9-15)18-12-7-14-3-5-16(19-2)6-4-14/h3-6,8-11,13,18H,7,12H2,1-2H3/t13-/m0/s1. The summed E-state index contributed by atoms with van der Waals surface area (Å²) < 4.78 is 5.15. The molecular formula is C16H20N2O. The van der Waals surface area contributed by atoms with Crippen LogP contribution in [0, 0.1) is 0 Å². The minimum absolute atomic E-state index is 0.348. The van der Waals surface area contributed by atoms with Gasteiger partial charge in [-0.2, -0.15) is 0 Å². The number of rotatable bonds is 6. The van der Waals surface area contributed by atoms with E-state index < -0.39 is 0 Å². The third-order valence-corrected chi connectivity index (χ3v) is 3.23. The summed E-state index contributed by atoms with van der Waals surface area (Å²) in [5.74, 6) is 0.905. The zero-order valence-corrected chi connectivity index (χ0v) is 11.5. The van der Waals surface area contributed by atoms with Crippen molar-refractivity contribution in [3.63, 3.8) is 0 Å². The Labute approximate surface area is 114 Å². The number of hydrogen-bond donors (Lipinski definition) is 1. The molecule has 0 aliphatic rings. The van der Waals surface area contributed by atoms with E-state index in [1.807, 2.05) is 36.7 Å². The summed E-state index contributed by atoms with van der Waals surface area (Å²) >= 11 is 0. The lowest BCUT2D eigenvalue weighted by Gasteiger charge is -2.14. The third-order valence-electron chi connectivity index (χ3n) is 3.23. The average Bonchev–Trinajstić information content (AvgIpc) is 2.49. The van der Waals surface area contributed by atoms with Crippen LogP contribution >= 0.6 is 0 Å². The van der Waals surface area contributed by atoms with Gasteiger partial charge in [0.15, 0.2) is 0 Å². The van der Waals surface area contributed by atoms with Gasteiger partial charge in [-0.15, -0.1) is 0 Å². The fourth-order valence-corrected chi connectivity index (χ4v) is 2.00. The topological polar surface area (TPSA) is 34.1 Å². The molecule has 1 aromatic heterocycles. The highest BCUT2D eigenvalue weighted by atomic mass is 16.5. The van der Waals surface area contributed by atoms with Crippen LogP contribution in [0.2, 0.25) is 0 Å². The Bertz CT molecular complexity index is 482. The number of methoxy groups -OCH3 is 1. The Balaban J connectivity index is 1.79. The number of nitrogens with zero attached hydrogens (tertiary/aromatic N) is 1. The van der Waals surface area contributed by atoms with Gasteiger partial charge in [0.2, 0.25) is 0 Å². The number of pyridine rings is 1. The highest BCUT2D eigenvalue weighted by Gasteiger charge is 2.03. The molecule has 0 aliphatic heterocycles. The van der Waals surface area contributed by atoms with Gasteiger partial charge in [0.1, 0.15) is 5.75 Å². The molecular weight excluding hydrogens is 236 g/mol. The molecule has 0 spiro atoms. The first-order valence-electron chi connectivity index (χ1n) is 6.56. The Morgan fingerprint density at radius 1 is 1.11 bits per heavy atom. The molecule has 0 bridgehead atoms. The lowest BCUT2D eigenvalue weighted by molar-refractivity contribution is 0.414. The van der Waals surface area contributed by atoms with E-state index in [9.17, 15) is 0 Å². The SMILES string of the molecule is COc1ccc(CCN[C@@H](C)c2ccncc2)cc1. The Morgan fingerprint density at radius 2 is 1.79 bits per heavy atom. The molecule has 0 aliphatic carbocycles. The second-order valence-electron chi connectivity index (χ2n) is 4.55. The maximum absolute atomic E-state index is 5.15. The van der Waals surface area contributed by atoms with Crippen molar-refractivity contribution in [1.82, 2.24) is 10.3 Å². The molecule has 1 atom stereocenters. The van der Waals surface area contributed by atoms with Gasteiger partial charge in [0.25, 0.3) is 0 Å². The maximum Gasteiger partial charge on any atom is 0.118 e. The van der Waals surface area contributed by atoms with Crippen molar-refractivity contribution in [3.8, 4) is 5.75 Å². The van der Waals surface area contributed by atoms with Crippen molar-refractivity contribution in [2.45, 2.75) is 19.4 Å². The molecule has 3 nitrogen and oxygen atoms in total. The third kappa shape index (κ3) is 4.07. The van der Waals surface area contributed by atoms with Crippen LogP contribution in [0.4, 0.5) is 0 Å². The van der Waals surface area contributed by atoms with Crippen molar-refractivity contribution in [3.05, 3.63) is 59.9 Å². The zero-order chi connectivity index (χ0) is 13.5. The molecule has 0 unspecified atom stereocenters. The second kappa shape index (κ2) is 6.90. The van der Waals surface area contributed by atoms with Crippen LogP contribution in [0.1, 0.15) is 24.1 Å². The van der Waals surface area contributed by atoms with Crippen molar-refractivity contribution in [2.24, 2.45) is 0 Å². The predicted molar refractivity (Wildman–Crippen MR) is 77.4 cm³/mol. The molecule has 1 heterocycles. The smallest absolute Gasteiger partial charge is 0.118 e. The first-order chi connectivity index (χ1) is 9.29. The van der Waals surface area contributed by atoms with Crippen LogP contribution in [0.25, 0.3) is 0 Å². The maximum atomic E-state index is 5.15. The molecule has 2 rings (SSSR count). The van der Waals surface area contributed by atoms with Crippen LogP contribution < -0.4 is 10.1 Å². The summed E-state index contributed by atoms with van der Waals surface area (Å²) in [4.78, 5) is 4.03. The monoisotopic (exact) mass is 256 g/mol. The minimum atomic E-state index is 0.348. The Hall–Kier alpha value is -1.87. The summed E-state index contributed by atoms with van der Waals surface area (Å²) in [6.07, 6.45) is 4.67. The highest BCUT2D eigenvalue weighted by molar-refractivity contribution is 5.27. The van der Waals surface area contributed by atoms with E-state index in [4.69, 9.17) is 4.74 Å². The summed E-state index contributed by atoms with van der Waals surface area (Å²) in [7, 11) is 1.69. The molecule has 0 fully saturated rings. The number of aromatic nitrogens is 1. The van der Waals surface area contributed by atoms with E-state index in [-0.39, 0.29) is 0 Å². The Kier molecular flexibility index (Phi) is 4.93. The fraction of sp³-hybridized carbons (Fsp3) is 0.312. The van der Waals surface area contributed by atoms with Gasteiger partial charge < -0.3 is 10.1 Å². The van der Waals surface area contributed by atoms with E-state index >= 15 is 0 Å². The van der Waals surface area contributed by atoms with Crippen LogP contribution in [0.5, 0.6) is 5.75 Å². The first kappa shape index (κ1) is 13.6. The van der Waals surface area contributed by atoms with Crippen LogP contribution in [0.3, 0.4) is 0 Å². The molecule has 0 radical (unpaired) electrons. The van der Waals surface area contributed by atoms with E-state index in [1.165, 1.54) is 11.1 Å². The number of nitrogens with one attached hydrogen (secondary N) is 1. The van der Waals surface area contributed by atoms with Crippen molar-refractivity contribution in [2.75, 3.05) is 13.7 Å². The molecule has 19 heavy (non-hydrogen) atoms. The van der Waals surface area contributed by atoms with Crippen LogP contribution in [-0.2, 0) is 6.42 Å². The minimum Gasteiger partial charge on any atom is -0.497 e. The van der Waals surface area contributed by atoms with Gasteiger partial charge in [-0.1, -0.05) is 12.1 Å². The van der Waals surface area contributed by atoms with E-state index in [1.54, 1.807) is 7.11 Å². The van der Waals surface area contributed by atoms with E-state index in [2.05, 4.69) is 29.4 Å². The summed E-state index contributed by atoms with van der Waals surface area (Å²) in [5, 5.41) is 3.52. The molecule has 3 heteroatoms. The summed E-state index contributed by atoms with van der Waals surface area (Å²) in [5.41, 5.74) is 2.58. The summed E-state index contributed by atoms with van der Waals surface area (Å²) in [6.45, 7) is 3.12. The Morgan fingerprint density at radius 3 is 2.42 bits per heavy atom. The molecule has 0 amide bonds. The lowest BCUT2D eigenvalue weighted by Crippen LogP contribution is -2.21. The normalized spacial score (nSPS) is 12.1. The number of hydrogen-bond acceptors (Lipinski definition) is 3. The van der Waals surface area contributed by atoms with Gasteiger partial charge >= 0.3 is 0 Å². The molecule has 1 aromatic carbocycles. The highest BCUT2D eigenvalue weighted by Crippen LogP contribution is 2.13. The van der Waals surface area contributed by atoms with Gasteiger partial charge in [-0.3, -0.25) is 4.98 Å². The predicted octanol–water partition coefficient (Wildman–Crippen LogP) is 2.98. The van der Waals surface area contributed by atoms with Crippen molar-refractivity contribution in [1.29, 1.82) is 0 Å². The molecule has 0 saturated carbocycles. The van der Waals surface area contributed by atoms with Gasteiger partial charge in [0, 0.05) is 18.4 Å². The van der Waals surface area contributed by atoms with E-state index in [0.717, 1.165) is 18.7 Å². The van der Waals surface area contributed by atoms with Crippen LogP contribution in [-0.4, -0.2) is 18.6 Å². The number of benzene rings is 1. The molecule has 1 N–H and O–H groups in total. The molecule has 0 saturated heterocycles. The summed E-state index contributed by atoms with van der Waals surface area (Å²) in [6, 6.07) is 12.7. The average molecular weight is 256 g/mol. The van der Waals surface area contributed by atoms with Crippen molar-refractivity contribution < 1.29 is 4.74 Å². The number of ether oxygens (including phenoxy) is 1. The van der Waals surface area contributed by atoms with Gasteiger partial charge in [-0.25, -0.2) is 0 Å². The van der Waals surface area contributed by atoms with Crippen LogP contribution in [0.15, 0.2) is 48.8 Å². The first-order valence-corrected chi connectivity index (χ1v) is 6.56. The zero-order valence-electron chi connectivity index (χ0n) is 11.5. The van der Waals surface area contributed by atoms with E-state index in [0.29, 0.717) is 6.04 Å². The fourth-order valence-electron chi connectivity index (χ4n) is 2.00. The largest absolute Gasteiger partial charge is 0.497 e. The molecule has 2 aromatic rings. The van der Waals surface area contributed by atoms with Gasteiger partial charge in [-0.05, 0) is 55.3 Å². The van der Waals surface area contributed by atoms with Crippen molar-refractivity contribution >= 4 is 0 Å². The molecule has 100 valence electrons. The lowest BCUT2D eigenvalue weighted by atomic mass is 10.1. The second-order valence-corrected chi connectivity index (χ2v) is 4.55. The quantitative estimate of drug-likeness (QED) is 0.862.